The largest absolute Gasteiger partial charge is 0.507 e. The normalized spacial score (nSPS) is 17.6. The van der Waals surface area contributed by atoms with Gasteiger partial charge in [0.1, 0.15) is 11.6 Å². The second-order valence-corrected chi connectivity index (χ2v) is 10.4. The van der Waals surface area contributed by atoms with Crippen molar-refractivity contribution in [3.63, 3.8) is 0 Å². The number of hydrogen-bond acceptors (Lipinski definition) is 5. The van der Waals surface area contributed by atoms with Crippen molar-refractivity contribution in [2.75, 3.05) is 4.90 Å². The van der Waals surface area contributed by atoms with Crippen LogP contribution in [0.15, 0.2) is 66.2 Å². The van der Waals surface area contributed by atoms with E-state index in [1.165, 1.54) is 23.1 Å². The van der Waals surface area contributed by atoms with Gasteiger partial charge in [0.15, 0.2) is 5.13 Å². The molecule has 0 spiro atoms. The first-order valence-corrected chi connectivity index (χ1v) is 12.3. The number of aryl methyl sites for hydroxylation is 2. The second-order valence-electron chi connectivity index (χ2n) is 8.15. The summed E-state index contributed by atoms with van der Waals surface area (Å²) in [6.07, 6.45) is 0. The number of carbonyl (C=O) groups is 2. The van der Waals surface area contributed by atoms with Crippen LogP contribution in [0.5, 0.6) is 0 Å². The number of nitrogens with zero attached hydrogens (tertiary/aromatic N) is 2. The number of thiazole rings is 1. The van der Waals surface area contributed by atoms with Crippen LogP contribution in [-0.4, -0.2) is 21.8 Å². The third-order valence-electron chi connectivity index (χ3n) is 5.82. The number of aliphatic hydroxyl groups excluding tert-OH is 1. The number of rotatable bonds is 3. The van der Waals surface area contributed by atoms with Gasteiger partial charge >= 0.3 is 5.91 Å². The maximum Gasteiger partial charge on any atom is 0.301 e. The number of carbonyl (C=O) groups excluding carboxylic acids is 2. The van der Waals surface area contributed by atoms with Crippen molar-refractivity contribution < 1.29 is 19.1 Å². The Morgan fingerprint density at radius 1 is 1.06 bits per heavy atom. The molecule has 1 N–H and O–H groups in total. The van der Waals surface area contributed by atoms with E-state index < -0.39 is 23.5 Å². The molecule has 1 amide bonds. The molecule has 1 saturated heterocycles. The lowest BCUT2D eigenvalue weighted by Crippen LogP contribution is -2.29. The number of fused-ring (bicyclic) bond motifs is 1. The molecule has 1 aliphatic rings. The van der Waals surface area contributed by atoms with Gasteiger partial charge in [-0.05, 0) is 84.0 Å². The number of aliphatic hydroxyl groups is 1. The van der Waals surface area contributed by atoms with E-state index in [1.807, 2.05) is 50.2 Å². The van der Waals surface area contributed by atoms with Crippen LogP contribution >= 0.6 is 33.9 Å². The van der Waals surface area contributed by atoms with E-state index in [1.54, 1.807) is 6.07 Å². The Balaban J connectivity index is 1.76. The number of anilines is 1. The van der Waals surface area contributed by atoms with Gasteiger partial charge in [-0.1, -0.05) is 41.2 Å². The summed E-state index contributed by atoms with van der Waals surface area (Å²) in [7, 11) is 0. The molecule has 0 aliphatic carbocycles. The molecule has 1 aromatic heterocycles. The van der Waals surface area contributed by atoms with Crippen molar-refractivity contribution in [2.45, 2.75) is 19.9 Å². The van der Waals surface area contributed by atoms with Gasteiger partial charge in [-0.2, -0.15) is 0 Å². The van der Waals surface area contributed by atoms with E-state index >= 15 is 0 Å². The Kier molecular flexibility index (Phi) is 5.73. The molecule has 1 aliphatic heterocycles. The number of halogens is 2. The fourth-order valence-corrected chi connectivity index (χ4v) is 5.49. The quantitative estimate of drug-likeness (QED) is 0.133. The zero-order chi connectivity index (χ0) is 24.1. The minimum absolute atomic E-state index is 0.00495. The average molecular weight is 584 g/mol. The highest BCUT2D eigenvalue weighted by atomic mass is 127. The molecule has 4 aromatic rings. The number of ketones is 1. The van der Waals surface area contributed by atoms with E-state index in [4.69, 9.17) is 0 Å². The molecule has 5 rings (SSSR count). The number of benzene rings is 3. The second kappa shape index (κ2) is 8.59. The van der Waals surface area contributed by atoms with Crippen LogP contribution in [0.2, 0.25) is 0 Å². The number of aromatic nitrogens is 1. The molecule has 2 heterocycles. The smallest absolute Gasteiger partial charge is 0.301 e. The van der Waals surface area contributed by atoms with Crippen molar-refractivity contribution in [1.29, 1.82) is 0 Å². The molecule has 170 valence electrons. The van der Waals surface area contributed by atoms with Crippen LogP contribution in [0.1, 0.15) is 28.3 Å². The van der Waals surface area contributed by atoms with Crippen LogP contribution in [0.4, 0.5) is 9.52 Å². The SMILES string of the molecule is Cc1ccc(C)c(/C(O)=C2\C(=O)C(=O)N(c3nc4ccc(F)cc4s3)C2c2ccc(I)cc2)c1. The molecular weight excluding hydrogens is 566 g/mol. The predicted octanol–water partition coefficient (Wildman–Crippen LogP) is 6.28. The monoisotopic (exact) mass is 584 g/mol. The molecule has 3 aromatic carbocycles. The molecule has 0 radical (unpaired) electrons. The Morgan fingerprint density at radius 3 is 2.53 bits per heavy atom. The van der Waals surface area contributed by atoms with Crippen molar-refractivity contribution in [3.05, 3.63) is 97.9 Å². The van der Waals surface area contributed by atoms with Gasteiger partial charge in [-0.3, -0.25) is 14.5 Å². The molecule has 5 nitrogen and oxygen atoms in total. The first kappa shape index (κ1) is 22.7. The summed E-state index contributed by atoms with van der Waals surface area (Å²) >= 11 is 3.31. The standard InChI is InChI=1S/C26H18FIN2O3S/c1-13-3-4-14(2)18(11-13)23(31)21-22(15-5-8-17(28)9-6-15)30(25(33)24(21)32)26-29-19-10-7-16(27)12-20(19)34-26/h3-12,22,31H,1-2H3/b23-21+. The van der Waals surface area contributed by atoms with E-state index in [-0.39, 0.29) is 16.5 Å². The van der Waals surface area contributed by atoms with E-state index in [2.05, 4.69) is 27.6 Å². The summed E-state index contributed by atoms with van der Waals surface area (Å²) in [6, 6.07) is 16.3. The average Bonchev–Trinajstić information content (AvgIpc) is 3.33. The van der Waals surface area contributed by atoms with Crippen molar-refractivity contribution >= 4 is 66.7 Å². The summed E-state index contributed by atoms with van der Waals surface area (Å²) in [5.41, 5.74) is 3.40. The highest BCUT2D eigenvalue weighted by Gasteiger charge is 2.48. The highest BCUT2D eigenvalue weighted by Crippen LogP contribution is 2.44. The van der Waals surface area contributed by atoms with Crippen LogP contribution in [0.25, 0.3) is 16.0 Å². The number of hydrogen-bond donors (Lipinski definition) is 1. The molecule has 1 atom stereocenters. The third kappa shape index (κ3) is 3.80. The number of amides is 1. The molecule has 1 unspecified atom stereocenters. The lowest BCUT2D eigenvalue weighted by Gasteiger charge is -2.23. The zero-order valence-corrected chi connectivity index (χ0v) is 21.1. The van der Waals surface area contributed by atoms with Gasteiger partial charge in [0.05, 0.1) is 21.8 Å². The van der Waals surface area contributed by atoms with Gasteiger partial charge in [0, 0.05) is 9.13 Å². The minimum atomic E-state index is -0.873. The number of Topliss-reactive ketones (excluding diaryl/α,β-unsaturated/α-hetero) is 1. The zero-order valence-electron chi connectivity index (χ0n) is 18.2. The Morgan fingerprint density at radius 2 is 1.79 bits per heavy atom. The summed E-state index contributed by atoms with van der Waals surface area (Å²) < 4.78 is 15.3. The van der Waals surface area contributed by atoms with Crippen LogP contribution in [-0.2, 0) is 9.59 Å². The molecule has 0 saturated carbocycles. The predicted molar refractivity (Wildman–Crippen MR) is 139 cm³/mol. The Bertz CT molecular complexity index is 1510. The lowest BCUT2D eigenvalue weighted by atomic mass is 9.93. The Hall–Kier alpha value is -3.11. The summed E-state index contributed by atoms with van der Waals surface area (Å²) in [5.74, 6) is -2.20. The molecule has 34 heavy (non-hydrogen) atoms. The van der Waals surface area contributed by atoms with E-state index in [9.17, 15) is 19.1 Å². The molecule has 1 fully saturated rings. The first-order valence-electron chi connectivity index (χ1n) is 10.4. The molecule has 8 heteroatoms. The van der Waals surface area contributed by atoms with Gasteiger partial charge in [-0.15, -0.1) is 0 Å². The summed E-state index contributed by atoms with van der Waals surface area (Å²) in [5, 5.41) is 11.6. The van der Waals surface area contributed by atoms with Gasteiger partial charge in [0.2, 0.25) is 0 Å². The van der Waals surface area contributed by atoms with Crippen molar-refractivity contribution in [2.24, 2.45) is 0 Å². The highest BCUT2D eigenvalue weighted by molar-refractivity contribution is 14.1. The maximum atomic E-state index is 13.8. The van der Waals surface area contributed by atoms with Crippen LogP contribution in [0, 0.1) is 23.2 Å². The minimum Gasteiger partial charge on any atom is -0.507 e. The van der Waals surface area contributed by atoms with Crippen molar-refractivity contribution in [1.82, 2.24) is 4.98 Å². The fourth-order valence-electron chi connectivity index (χ4n) is 4.12. The Labute approximate surface area is 212 Å². The molecule has 0 bridgehead atoms. The van der Waals surface area contributed by atoms with Crippen LogP contribution in [0.3, 0.4) is 0 Å². The van der Waals surface area contributed by atoms with Crippen LogP contribution < -0.4 is 4.90 Å². The summed E-state index contributed by atoms with van der Waals surface area (Å²) in [4.78, 5) is 32.5. The first-order chi connectivity index (χ1) is 16.2. The topological polar surface area (TPSA) is 70.5 Å². The van der Waals surface area contributed by atoms with E-state index in [0.717, 1.165) is 26.0 Å². The maximum absolute atomic E-state index is 13.8. The summed E-state index contributed by atoms with van der Waals surface area (Å²) in [6.45, 7) is 3.73. The van der Waals surface area contributed by atoms with Gasteiger partial charge in [-0.25, -0.2) is 9.37 Å². The van der Waals surface area contributed by atoms with Gasteiger partial charge in [0.25, 0.3) is 5.78 Å². The lowest BCUT2D eigenvalue weighted by molar-refractivity contribution is -0.132. The molecular formula is C26H18FIN2O3S. The van der Waals surface area contributed by atoms with Crippen molar-refractivity contribution in [3.8, 4) is 0 Å². The fraction of sp³-hybridized carbons (Fsp3) is 0.115. The van der Waals surface area contributed by atoms with E-state index in [0.29, 0.717) is 21.3 Å². The third-order valence-corrected chi connectivity index (χ3v) is 7.56. The van der Waals surface area contributed by atoms with Gasteiger partial charge < -0.3 is 5.11 Å².